The molecule has 1 atom stereocenters. The molecule has 2 aliphatic rings. The fourth-order valence-electron chi connectivity index (χ4n) is 4.81. The molecule has 4 rings (SSSR count). The van der Waals surface area contributed by atoms with Gasteiger partial charge >= 0.3 is 12.2 Å². The second-order valence-corrected chi connectivity index (χ2v) is 9.13. The van der Waals surface area contributed by atoms with Crippen molar-refractivity contribution < 1.29 is 22.8 Å². The Bertz CT molecular complexity index is 1240. The first-order valence-electron chi connectivity index (χ1n) is 12.1. The smallest absolute Gasteiger partial charge is 0.336 e. The Morgan fingerprint density at radius 2 is 1.78 bits per heavy atom. The van der Waals surface area contributed by atoms with Gasteiger partial charge in [-0.3, -0.25) is 14.6 Å². The first kappa shape index (κ1) is 26.2. The van der Waals surface area contributed by atoms with E-state index in [9.17, 15) is 22.8 Å². The Morgan fingerprint density at radius 3 is 2.38 bits per heavy atom. The van der Waals surface area contributed by atoms with Gasteiger partial charge in [-0.25, -0.2) is 4.79 Å². The number of anilines is 1. The van der Waals surface area contributed by atoms with E-state index in [0.29, 0.717) is 24.2 Å². The van der Waals surface area contributed by atoms with E-state index in [1.807, 2.05) is 6.07 Å². The molecule has 0 bridgehead atoms. The number of urea groups is 1. The van der Waals surface area contributed by atoms with E-state index in [-0.39, 0.29) is 22.9 Å². The van der Waals surface area contributed by atoms with Crippen LogP contribution in [0.3, 0.4) is 0 Å². The molecule has 2 heterocycles. The summed E-state index contributed by atoms with van der Waals surface area (Å²) in [5, 5.41) is 12.0. The largest absolute Gasteiger partial charge is 0.416 e. The van der Waals surface area contributed by atoms with Gasteiger partial charge in [0.25, 0.3) is 5.91 Å². The van der Waals surface area contributed by atoms with Crippen molar-refractivity contribution in [2.75, 3.05) is 37.6 Å². The highest BCUT2D eigenvalue weighted by molar-refractivity contribution is 6.05. The van der Waals surface area contributed by atoms with Crippen molar-refractivity contribution in [3.63, 3.8) is 0 Å². The monoisotopic (exact) mass is 511 g/mol. The number of alkyl halides is 3. The molecule has 37 heavy (non-hydrogen) atoms. The number of piperazine rings is 1. The van der Waals surface area contributed by atoms with E-state index >= 15 is 0 Å². The zero-order valence-corrected chi connectivity index (χ0v) is 20.7. The third kappa shape index (κ3) is 5.47. The third-order valence-electron chi connectivity index (χ3n) is 6.72. The third-order valence-corrected chi connectivity index (χ3v) is 6.72. The summed E-state index contributed by atoms with van der Waals surface area (Å²) >= 11 is 0. The van der Waals surface area contributed by atoms with Gasteiger partial charge in [0.05, 0.1) is 34.5 Å². The summed E-state index contributed by atoms with van der Waals surface area (Å²) in [5.74, 6) is -0.278. The molecule has 2 aliphatic heterocycles. The molecule has 0 aromatic heterocycles. The highest BCUT2D eigenvalue weighted by Gasteiger charge is 2.39. The number of hydrogen-bond acceptors (Lipinski definition) is 4. The summed E-state index contributed by atoms with van der Waals surface area (Å²) < 4.78 is 40.2. The van der Waals surface area contributed by atoms with Gasteiger partial charge in [-0.05, 0) is 55.8 Å². The minimum Gasteiger partial charge on any atom is -0.336 e. The molecule has 2 aromatic rings. The van der Waals surface area contributed by atoms with Crippen LogP contribution in [0.4, 0.5) is 23.7 Å². The van der Waals surface area contributed by atoms with Crippen LogP contribution >= 0.6 is 0 Å². The van der Waals surface area contributed by atoms with Crippen molar-refractivity contribution >= 4 is 17.6 Å². The lowest BCUT2D eigenvalue weighted by Gasteiger charge is -2.40. The van der Waals surface area contributed by atoms with Crippen LogP contribution < -0.4 is 10.2 Å². The van der Waals surface area contributed by atoms with Crippen LogP contribution in [0.2, 0.25) is 0 Å². The molecule has 0 saturated carbocycles. The molecular formula is C27H28F3N5O2. The normalized spacial score (nSPS) is 19.0. The van der Waals surface area contributed by atoms with E-state index in [4.69, 9.17) is 5.26 Å². The number of rotatable bonds is 5. The minimum absolute atomic E-state index is 0.0150. The molecule has 1 fully saturated rings. The summed E-state index contributed by atoms with van der Waals surface area (Å²) in [7, 11) is 0. The van der Waals surface area contributed by atoms with Gasteiger partial charge in [0.15, 0.2) is 0 Å². The lowest BCUT2D eigenvalue weighted by molar-refractivity contribution is -0.137. The number of allylic oxidation sites excluding steroid dienone is 1. The van der Waals surface area contributed by atoms with Crippen molar-refractivity contribution in [1.82, 2.24) is 15.1 Å². The van der Waals surface area contributed by atoms with Crippen LogP contribution in [0, 0.1) is 11.3 Å². The molecule has 3 amide bonds. The van der Waals surface area contributed by atoms with Gasteiger partial charge in [-0.15, -0.1) is 0 Å². The van der Waals surface area contributed by atoms with Gasteiger partial charge in [0.1, 0.15) is 0 Å². The van der Waals surface area contributed by atoms with E-state index < -0.39 is 23.8 Å². The van der Waals surface area contributed by atoms with Gasteiger partial charge in [0.2, 0.25) is 0 Å². The molecular weight excluding hydrogens is 483 g/mol. The minimum atomic E-state index is -4.58. The fourth-order valence-corrected chi connectivity index (χ4v) is 4.81. The van der Waals surface area contributed by atoms with Crippen LogP contribution in [0.15, 0.2) is 59.8 Å². The number of hydrogen-bond donors (Lipinski definition) is 1. The van der Waals surface area contributed by atoms with Crippen LogP contribution in [0.1, 0.15) is 43.0 Å². The fraction of sp³-hybridized carbons (Fsp3) is 0.370. The number of nitriles is 1. The lowest BCUT2D eigenvalue weighted by Crippen LogP contribution is -2.53. The van der Waals surface area contributed by atoms with E-state index in [1.165, 1.54) is 12.1 Å². The SMILES string of the molecule is CCCN1CCN(C(=O)C2=C(C)N(c3cccc(C(F)(F)F)c3)C(=O)NC2c2ccc(C#N)cc2)CC1. The van der Waals surface area contributed by atoms with E-state index in [0.717, 1.165) is 43.1 Å². The average molecular weight is 512 g/mol. The second kappa shape index (κ2) is 10.6. The van der Waals surface area contributed by atoms with Crippen LogP contribution in [0.5, 0.6) is 0 Å². The summed E-state index contributed by atoms with van der Waals surface area (Å²) in [4.78, 5) is 32.3. The van der Waals surface area contributed by atoms with Crippen molar-refractivity contribution in [3.05, 3.63) is 76.5 Å². The predicted octanol–water partition coefficient (Wildman–Crippen LogP) is 4.68. The average Bonchev–Trinajstić information content (AvgIpc) is 2.88. The molecule has 194 valence electrons. The van der Waals surface area contributed by atoms with E-state index in [2.05, 4.69) is 17.1 Å². The van der Waals surface area contributed by atoms with Crippen LogP contribution in [0.25, 0.3) is 0 Å². The zero-order valence-electron chi connectivity index (χ0n) is 20.7. The number of nitrogens with zero attached hydrogens (tertiary/aromatic N) is 4. The first-order valence-corrected chi connectivity index (χ1v) is 12.1. The topological polar surface area (TPSA) is 79.7 Å². The van der Waals surface area contributed by atoms with Gasteiger partial charge in [-0.2, -0.15) is 18.4 Å². The lowest BCUT2D eigenvalue weighted by atomic mass is 9.92. The predicted molar refractivity (Wildman–Crippen MR) is 132 cm³/mol. The molecule has 7 nitrogen and oxygen atoms in total. The Labute approximate surface area is 213 Å². The van der Waals surface area contributed by atoms with Crippen molar-refractivity contribution in [2.45, 2.75) is 32.5 Å². The molecule has 1 unspecified atom stereocenters. The zero-order chi connectivity index (χ0) is 26.7. The standard InChI is InChI=1S/C27H28F3N5O2/c1-3-11-33-12-14-34(15-13-33)25(36)23-18(2)35(22-6-4-5-21(16-22)27(28,29)30)26(37)32-24(23)20-9-7-19(17-31)8-10-20/h4-10,16,24H,3,11-15H2,1-2H3,(H,32,37). The van der Waals surface area contributed by atoms with Crippen LogP contribution in [-0.2, 0) is 11.0 Å². The molecule has 1 saturated heterocycles. The second-order valence-electron chi connectivity index (χ2n) is 9.13. The molecule has 10 heteroatoms. The maximum atomic E-state index is 13.9. The number of benzene rings is 2. The Morgan fingerprint density at radius 1 is 1.11 bits per heavy atom. The first-order chi connectivity index (χ1) is 17.6. The summed E-state index contributed by atoms with van der Waals surface area (Å²) in [6.07, 6.45) is -3.57. The summed E-state index contributed by atoms with van der Waals surface area (Å²) in [5.41, 5.74) is 0.699. The molecule has 2 aromatic carbocycles. The van der Waals surface area contributed by atoms with Crippen molar-refractivity contribution in [3.8, 4) is 6.07 Å². The van der Waals surface area contributed by atoms with Gasteiger partial charge < -0.3 is 10.2 Å². The van der Waals surface area contributed by atoms with Gasteiger partial charge in [0, 0.05) is 31.9 Å². The van der Waals surface area contributed by atoms with Crippen LogP contribution in [-0.4, -0.2) is 54.5 Å². The summed E-state index contributed by atoms with van der Waals surface area (Å²) in [6, 6.07) is 11.6. The van der Waals surface area contributed by atoms with Crippen molar-refractivity contribution in [2.24, 2.45) is 0 Å². The molecule has 0 aliphatic carbocycles. The molecule has 0 radical (unpaired) electrons. The highest BCUT2D eigenvalue weighted by atomic mass is 19.4. The van der Waals surface area contributed by atoms with E-state index in [1.54, 1.807) is 36.1 Å². The highest BCUT2D eigenvalue weighted by Crippen LogP contribution is 2.37. The number of nitrogens with one attached hydrogen (secondary N) is 1. The van der Waals surface area contributed by atoms with Crippen molar-refractivity contribution in [1.29, 1.82) is 5.26 Å². The maximum absolute atomic E-state index is 13.9. The number of carbonyl (C=O) groups is 2. The van der Waals surface area contributed by atoms with Gasteiger partial charge in [-0.1, -0.05) is 25.1 Å². The Kier molecular flexibility index (Phi) is 7.55. The number of amides is 3. The maximum Gasteiger partial charge on any atom is 0.416 e. The summed E-state index contributed by atoms with van der Waals surface area (Å²) in [6.45, 7) is 7.07. The Hall–Kier alpha value is -3.84. The Balaban J connectivity index is 1.76. The quantitative estimate of drug-likeness (QED) is 0.633. The number of carbonyl (C=O) groups excluding carboxylic acids is 2. The molecule has 1 N–H and O–H groups in total. The molecule has 0 spiro atoms. The number of halogens is 3.